The van der Waals surface area contributed by atoms with Crippen molar-refractivity contribution in [3.8, 4) is 0 Å². The van der Waals surface area contributed by atoms with Crippen LogP contribution in [-0.2, 0) is 18.3 Å². The highest BCUT2D eigenvalue weighted by Gasteiger charge is 2.14. The Morgan fingerprint density at radius 1 is 1.53 bits per heavy atom. The molecule has 0 amide bonds. The van der Waals surface area contributed by atoms with Gasteiger partial charge in [0.1, 0.15) is 0 Å². The SMILES string of the molecule is Cn1cc(CCNOC2CCCC2)cn1. The molecule has 4 heteroatoms. The molecule has 0 unspecified atom stereocenters. The van der Waals surface area contributed by atoms with Crippen molar-refractivity contribution >= 4 is 0 Å². The summed E-state index contributed by atoms with van der Waals surface area (Å²) >= 11 is 0. The molecule has 1 aliphatic carbocycles. The Labute approximate surface area is 90.6 Å². The summed E-state index contributed by atoms with van der Waals surface area (Å²) in [5, 5.41) is 4.12. The van der Waals surface area contributed by atoms with Gasteiger partial charge in [-0.2, -0.15) is 5.10 Å². The summed E-state index contributed by atoms with van der Waals surface area (Å²) in [6, 6.07) is 0. The first kappa shape index (κ1) is 10.6. The van der Waals surface area contributed by atoms with E-state index in [1.807, 2.05) is 24.1 Å². The molecule has 1 saturated carbocycles. The normalized spacial score (nSPS) is 17.4. The van der Waals surface area contributed by atoms with Gasteiger partial charge in [0.25, 0.3) is 0 Å². The van der Waals surface area contributed by atoms with Crippen LogP contribution < -0.4 is 5.48 Å². The number of hydroxylamine groups is 1. The lowest BCUT2D eigenvalue weighted by atomic mass is 10.3. The minimum absolute atomic E-state index is 0.443. The number of nitrogens with one attached hydrogen (secondary N) is 1. The topological polar surface area (TPSA) is 39.1 Å². The molecule has 1 aromatic rings. The second-order valence-corrected chi connectivity index (χ2v) is 4.19. The maximum atomic E-state index is 5.55. The zero-order valence-electron chi connectivity index (χ0n) is 9.28. The van der Waals surface area contributed by atoms with Crippen LogP contribution in [0.25, 0.3) is 0 Å². The van der Waals surface area contributed by atoms with Crippen molar-refractivity contribution < 1.29 is 4.84 Å². The van der Waals surface area contributed by atoms with E-state index in [2.05, 4.69) is 10.6 Å². The first-order valence-electron chi connectivity index (χ1n) is 5.70. The van der Waals surface area contributed by atoms with E-state index < -0.39 is 0 Å². The molecule has 2 rings (SSSR count). The van der Waals surface area contributed by atoms with E-state index in [4.69, 9.17) is 4.84 Å². The maximum absolute atomic E-state index is 5.55. The lowest BCUT2D eigenvalue weighted by Gasteiger charge is -2.10. The molecule has 1 heterocycles. The third-order valence-electron chi connectivity index (χ3n) is 2.83. The number of nitrogens with zero attached hydrogens (tertiary/aromatic N) is 2. The van der Waals surface area contributed by atoms with E-state index in [9.17, 15) is 0 Å². The van der Waals surface area contributed by atoms with Gasteiger partial charge >= 0.3 is 0 Å². The molecule has 1 aliphatic rings. The van der Waals surface area contributed by atoms with E-state index in [1.54, 1.807) is 0 Å². The molecule has 0 spiro atoms. The quantitative estimate of drug-likeness (QED) is 0.589. The van der Waals surface area contributed by atoms with Gasteiger partial charge in [0.05, 0.1) is 12.3 Å². The van der Waals surface area contributed by atoms with Crippen molar-refractivity contribution in [3.63, 3.8) is 0 Å². The van der Waals surface area contributed by atoms with Gasteiger partial charge in [-0.15, -0.1) is 0 Å². The van der Waals surface area contributed by atoms with E-state index in [-0.39, 0.29) is 0 Å². The number of hydrogen-bond donors (Lipinski definition) is 1. The fraction of sp³-hybridized carbons (Fsp3) is 0.727. The van der Waals surface area contributed by atoms with Gasteiger partial charge in [0.15, 0.2) is 0 Å². The third kappa shape index (κ3) is 3.32. The minimum Gasteiger partial charge on any atom is -0.299 e. The average molecular weight is 209 g/mol. The highest BCUT2D eigenvalue weighted by molar-refractivity contribution is 5.03. The van der Waals surface area contributed by atoms with Crippen molar-refractivity contribution in [1.82, 2.24) is 15.3 Å². The maximum Gasteiger partial charge on any atom is 0.0790 e. The van der Waals surface area contributed by atoms with Gasteiger partial charge in [0.2, 0.25) is 0 Å². The van der Waals surface area contributed by atoms with Crippen LogP contribution in [0.4, 0.5) is 0 Å². The molecule has 1 fully saturated rings. The first-order valence-corrected chi connectivity index (χ1v) is 5.70. The fourth-order valence-corrected chi connectivity index (χ4v) is 1.98. The summed E-state index contributed by atoms with van der Waals surface area (Å²) in [7, 11) is 1.94. The molecule has 4 nitrogen and oxygen atoms in total. The third-order valence-corrected chi connectivity index (χ3v) is 2.83. The molecule has 0 aliphatic heterocycles. The second kappa shape index (κ2) is 5.28. The zero-order chi connectivity index (χ0) is 10.5. The lowest BCUT2D eigenvalue weighted by Crippen LogP contribution is -2.23. The van der Waals surface area contributed by atoms with Crippen molar-refractivity contribution in [1.29, 1.82) is 0 Å². The summed E-state index contributed by atoms with van der Waals surface area (Å²) in [4.78, 5) is 5.55. The van der Waals surface area contributed by atoms with Crippen LogP contribution in [0.2, 0.25) is 0 Å². The van der Waals surface area contributed by atoms with Crippen molar-refractivity contribution in [3.05, 3.63) is 18.0 Å². The Kier molecular flexibility index (Phi) is 3.75. The first-order chi connectivity index (χ1) is 7.34. The van der Waals surface area contributed by atoms with E-state index >= 15 is 0 Å². The summed E-state index contributed by atoms with van der Waals surface area (Å²) < 4.78 is 1.83. The van der Waals surface area contributed by atoms with Crippen LogP contribution in [0.15, 0.2) is 12.4 Å². The Morgan fingerprint density at radius 3 is 3.00 bits per heavy atom. The number of aryl methyl sites for hydroxylation is 1. The van der Waals surface area contributed by atoms with Gasteiger partial charge in [-0.1, -0.05) is 12.8 Å². The van der Waals surface area contributed by atoms with E-state index in [0.29, 0.717) is 6.10 Å². The van der Waals surface area contributed by atoms with E-state index in [1.165, 1.54) is 31.2 Å². The molecule has 15 heavy (non-hydrogen) atoms. The highest BCUT2D eigenvalue weighted by atomic mass is 16.7. The van der Waals surface area contributed by atoms with Gasteiger partial charge in [-0.3, -0.25) is 9.52 Å². The molecule has 0 atom stereocenters. The van der Waals surface area contributed by atoms with Gasteiger partial charge < -0.3 is 0 Å². The second-order valence-electron chi connectivity index (χ2n) is 4.19. The molecule has 1 aromatic heterocycles. The van der Waals surface area contributed by atoms with Crippen LogP contribution in [0, 0.1) is 0 Å². The highest BCUT2D eigenvalue weighted by Crippen LogP contribution is 2.19. The fourth-order valence-electron chi connectivity index (χ4n) is 1.98. The van der Waals surface area contributed by atoms with Crippen molar-refractivity contribution in [2.45, 2.75) is 38.2 Å². The predicted molar refractivity (Wildman–Crippen MR) is 58.3 cm³/mol. The predicted octanol–water partition coefficient (Wildman–Crippen LogP) is 1.43. The number of aromatic nitrogens is 2. The van der Waals surface area contributed by atoms with Gasteiger partial charge in [-0.05, 0) is 24.8 Å². The molecular weight excluding hydrogens is 190 g/mol. The summed E-state index contributed by atoms with van der Waals surface area (Å²) in [6.45, 7) is 0.863. The molecule has 84 valence electrons. The Bertz CT molecular complexity index is 292. The zero-order valence-corrected chi connectivity index (χ0v) is 9.28. The molecular formula is C11H19N3O. The summed E-state index contributed by atoms with van der Waals surface area (Å²) in [6.07, 6.45) is 10.4. The monoisotopic (exact) mass is 209 g/mol. The Hall–Kier alpha value is -0.870. The number of hydrogen-bond acceptors (Lipinski definition) is 3. The molecule has 1 N–H and O–H groups in total. The Balaban J connectivity index is 1.58. The number of rotatable bonds is 5. The standard InChI is InChI=1S/C11H19N3O/c1-14-9-10(8-12-14)6-7-13-15-11-4-2-3-5-11/h8-9,11,13H,2-7H2,1H3. The minimum atomic E-state index is 0.443. The molecule has 0 saturated heterocycles. The van der Waals surface area contributed by atoms with Gasteiger partial charge in [-0.25, -0.2) is 5.48 Å². The van der Waals surface area contributed by atoms with Crippen LogP contribution in [0.3, 0.4) is 0 Å². The molecule has 0 bridgehead atoms. The van der Waals surface area contributed by atoms with E-state index in [0.717, 1.165) is 13.0 Å². The smallest absolute Gasteiger partial charge is 0.0790 e. The van der Waals surface area contributed by atoms with Crippen LogP contribution in [0.1, 0.15) is 31.2 Å². The van der Waals surface area contributed by atoms with Gasteiger partial charge in [0, 0.05) is 19.8 Å². The molecule has 0 radical (unpaired) electrons. The summed E-state index contributed by atoms with van der Waals surface area (Å²) in [5.41, 5.74) is 4.30. The van der Waals surface area contributed by atoms with Crippen molar-refractivity contribution in [2.24, 2.45) is 7.05 Å². The lowest BCUT2D eigenvalue weighted by molar-refractivity contribution is -0.0198. The Morgan fingerprint density at radius 2 is 2.33 bits per heavy atom. The van der Waals surface area contributed by atoms with Crippen LogP contribution in [-0.4, -0.2) is 22.4 Å². The van der Waals surface area contributed by atoms with Crippen molar-refractivity contribution in [2.75, 3.05) is 6.54 Å². The molecule has 0 aromatic carbocycles. The summed E-state index contributed by atoms with van der Waals surface area (Å²) in [5.74, 6) is 0. The van der Waals surface area contributed by atoms with Crippen LogP contribution >= 0.6 is 0 Å². The largest absolute Gasteiger partial charge is 0.299 e. The average Bonchev–Trinajstić information content (AvgIpc) is 2.84. The van der Waals surface area contributed by atoms with Crippen LogP contribution in [0.5, 0.6) is 0 Å².